The molecule has 0 radical (unpaired) electrons. The van der Waals surface area contributed by atoms with Crippen LogP contribution < -0.4 is 5.32 Å². The quantitative estimate of drug-likeness (QED) is 0.373. The summed E-state index contributed by atoms with van der Waals surface area (Å²) in [6.45, 7) is 3.90. The van der Waals surface area contributed by atoms with Gasteiger partial charge >= 0.3 is 0 Å². The monoisotopic (exact) mass is 339 g/mol. The Hall–Kier alpha value is -0.630. The van der Waals surface area contributed by atoms with Gasteiger partial charge in [-0.3, -0.25) is 4.57 Å². The third-order valence-electron chi connectivity index (χ3n) is 4.17. The summed E-state index contributed by atoms with van der Waals surface area (Å²) < 4.78 is 10.6. The Morgan fingerprint density at radius 1 is 0.913 bits per heavy atom. The first-order valence-corrected chi connectivity index (χ1v) is 10.8. The minimum atomic E-state index is -2.29. The molecule has 1 unspecified atom stereocenters. The van der Waals surface area contributed by atoms with Crippen molar-refractivity contribution in [3.63, 3.8) is 0 Å². The van der Waals surface area contributed by atoms with Gasteiger partial charge in [-0.25, -0.2) is 0 Å². The number of benzene rings is 1. The molecule has 1 aromatic rings. The van der Waals surface area contributed by atoms with E-state index in [1.165, 1.54) is 62.5 Å². The molecular formula is C19H34NO2P. The Balaban J connectivity index is 2.07. The Bertz CT molecular complexity index is 420. The molecule has 0 fully saturated rings. The zero-order valence-electron chi connectivity index (χ0n) is 14.7. The summed E-state index contributed by atoms with van der Waals surface area (Å²) in [4.78, 5) is 8.76. The molecule has 0 aliphatic carbocycles. The molecule has 0 saturated heterocycles. The molecule has 0 bridgehead atoms. The number of rotatable bonds is 14. The van der Waals surface area contributed by atoms with Gasteiger partial charge in [0.05, 0.1) is 0 Å². The van der Waals surface area contributed by atoms with Gasteiger partial charge in [0.1, 0.15) is 0 Å². The van der Waals surface area contributed by atoms with Gasteiger partial charge < -0.3 is 10.2 Å². The molecule has 0 aliphatic rings. The van der Waals surface area contributed by atoms with E-state index in [1.807, 2.05) is 0 Å². The molecule has 0 amide bonds. The van der Waals surface area contributed by atoms with Crippen LogP contribution in [0.2, 0.25) is 0 Å². The predicted molar refractivity (Wildman–Crippen MR) is 101 cm³/mol. The second-order valence-corrected chi connectivity index (χ2v) is 7.65. The van der Waals surface area contributed by atoms with Gasteiger partial charge in [0.15, 0.2) is 8.03 Å². The lowest BCUT2D eigenvalue weighted by molar-refractivity contribution is 0.499. The van der Waals surface area contributed by atoms with Crippen molar-refractivity contribution in [2.45, 2.75) is 71.3 Å². The largest absolute Gasteiger partial charge is 0.346 e. The summed E-state index contributed by atoms with van der Waals surface area (Å²) in [5.41, 5.74) is 2.71. The minimum Gasteiger partial charge on any atom is -0.346 e. The molecule has 3 nitrogen and oxygen atoms in total. The van der Waals surface area contributed by atoms with Gasteiger partial charge in [-0.2, -0.15) is 0 Å². The van der Waals surface area contributed by atoms with Crippen molar-refractivity contribution in [3.05, 3.63) is 35.4 Å². The van der Waals surface area contributed by atoms with Crippen LogP contribution in [0.1, 0.15) is 69.4 Å². The van der Waals surface area contributed by atoms with Gasteiger partial charge in [-0.15, -0.1) is 0 Å². The molecule has 1 rings (SSSR count). The number of hydrogen-bond donors (Lipinski definition) is 2. The molecule has 0 heterocycles. The van der Waals surface area contributed by atoms with E-state index in [2.05, 4.69) is 36.5 Å². The van der Waals surface area contributed by atoms with Crippen LogP contribution in [0, 0.1) is 0 Å². The van der Waals surface area contributed by atoms with Crippen molar-refractivity contribution >= 4 is 8.03 Å². The van der Waals surface area contributed by atoms with Crippen LogP contribution in [0.25, 0.3) is 0 Å². The molecule has 0 saturated carbocycles. The van der Waals surface area contributed by atoms with Crippen LogP contribution in [0.5, 0.6) is 0 Å². The lowest BCUT2D eigenvalue weighted by atomic mass is 10.0. The third-order valence-corrected chi connectivity index (χ3v) is 4.95. The fourth-order valence-electron chi connectivity index (χ4n) is 2.71. The Morgan fingerprint density at radius 2 is 1.52 bits per heavy atom. The average Bonchev–Trinajstić information content (AvgIpc) is 2.55. The van der Waals surface area contributed by atoms with Crippen LogP contribution in [0.3, 0.4) is 0 Å². The van der Waals surface area contributed by atoms with Crippen LogP contribution in [0.15, 0.2) is 24.3 Å². The topological polar surface area (TPSA) is 49.3 Å². The Labute approximate surface area is 142 Å². The van der Waals surface area contributed by atoms with Crippen molar-refractivity contribution in [2.24, 2.45) is 0 Å². The van der Waals surface area contributed by atoms with E-state index in [9.17, 15) is 4.57 Å². The zero-order valence-corrected chi connectivity index (χ0v) is 15.7. The number of hydrogen-bond acceptors (Lipinski definition) is 2. The SMILES string of the molecule is CCCCCCCCCc1ccc(CNCCC[PH](=O)O)cc1. The van der Waals surface area contributed by atoms with Crippen molar-refractivity contribution < 1.29 is 9.46 Å². The zero-order chi connectivity index (χ0) is 16.8. The van der Waals surface area contributed by atoms with E-state index in [-0.39, 0.29) is 0 Å². The van der Waals surface area contributed by atoms with Crippen LogP contribution in [-0.4, -0.2) is 17.6 Å². The maximum absolute atomic E-state index is 10.6. The Morgan fingerprint density at radius 3 is 2.17 bits per heavy atom. The normalized spacial score (nSPS) is 12.4. The molecule has 0 aromatic heterocycles. The Kier molecular flexibility index (Phi) is 12.2. The minimum absolute atomic E-state index is 0.426. The lowest BCUT2D eigenvalue weighted by Crippen LogP contribution is -2.15. The summed E-state index contributed by atoms with van der Waals surface area (Å²) in [7, 11) is -2.29. The van der Waals surface area contributed by atoms with E-state index >= 15 is 0 Å². The van der Waals surface area contributed by atoms with E-state index in [0.29, 0.717) is 6.16 Å². The van der Waals surface area contributed by atoms with Crippen LogP contribution >= 0.6 is 8.03 Å². The first-order valence-electron chi connectivity index (χ1n) is 9.22. The lowest BCUT2D eigenvalue weighted by Gasteiger charge is -2.06. The molecule has 1 atom stereocenters. The first kappa shape index (κ1) is 20.4. The summed E-state index contributed by atoms with van der Waals surface area (Å²) in [6, 6.07) is 8.86. The second-order valence-electron chi connectivity index (χ2n) is 6.36. The van der Waals surface area contributed by atoms with Gasteiger partial charge in [0, 0.05) is 12.7 Å². The van der Waals surface area contributed by atoms with E-state index in [1.54, 1.807) is 0 Å². The van der Waals surface area contributed by atoms with Crippen molar-refractivity contribution in [1.82, 2.24) is 5.32 Å². The van der Waals surface area contributed by atoms with Gasteiger partial charge in [-0.05, 0) is 36.9 Å². The molecular weight excluding hydrogens is 305 g/mol. The second kappa shape index (κ2) is 13.8. The first-order chi connectivity index (χ1) is 11.2. The predicted octanol–water partition coefficient (Wildman–Crippen LogP) is 4.93. The highest BCUT2D eigenvalue weighted by atomic mass is 31.1. The highest BCUT2D eigenvalue weighted by Gasteiger charge is 1.97. The molecule has 2 N–H and O–H groups in total. The fourth-order valence-corrected chi connectivity index (χ4v) is 3.19. The summed E-state index contributed by atoms with van der Waals surface area (Å²) >= 11 is 0. The van der Waals surface area contributed by atoms with Crippen molar-refractivity contribution in [1.29, 1.82) is 0 Å². The van der Waals surface area contributed by atoms with Crippen molar-refractivity contribution in [3.8, 4) is 0 Å². The average molecular weight is 339 g/mol. The van der Waals surface area contributed by atoms with E-state index in [0.717, 1.165) is 19.5 Å². The summed E-state index contributed by atoms with van der Waals surface area (Å²) in [5, 5.41) is 3.32. The molecule has 0 spiro atoms. The van der Waals surface area contributed by atoms with Gasteiger partial charge in [0.2, 0.25) is 0 Å². The highest BCUT2D eigenvalue weighted by Crippen LogP contribution is 2.13. The fraction of sp³-hybridized carbons (Fsp3) is 0.684. The molecule has 132 valence electrons. The van der Waals surface area contributed by atoms with Gasteiger partial charge in [-0.1, -0.05) is 69.7 Å². The standard InChI is InChI=1S/C19H34NO2P/c1-2-3-4-5-6-7-8-10-18-11-13-19(14-12-18)17-20-15-9-16-23(21)22/h11-14,20,23H,2-10,15-17H2,1H3,(H,21,22). The van der Waals surface area contributed by atoms with Crippen molar-refractivity contribution in [2.75, 3.05) is 12.7 Å². The molecule has 23 heavy (non-hydrogen) atoms. The van der Waals surface area contributed by atoms with Crippen LogP contribution in [0.4, 0.5) is 0 Å². The number of unbranched alkanes of at least 4 members (excludes halogenated alkanes) is 6. The molecule has 4 heteroatoms. The maximum Gasteiger partial charge on any atom is 0.189 e. The maximum atomic E-state index is 10.6. The van der Waals surface area contributed by atoms with Crippen LogP contribution in [-0.2, 0) is 17.5 Å². The molecule has 0 aliphatic heterocycles. The summed E-state index contributed by atoms with van der Waals surface area (Å²) in [6.07, 6.45) is 11.9. The van der Waals surface area contributed by atoms with Gasteiger partial charge in [0.25, 0.3) is 0 Å². The number of aryl methyl sites for hydroxylation is 1. The highest BCUT2D eigenvalue weighted by molar-refractivity contribution is 7.37. The van der Waals surface area contributed by atoms with E-state index in [4.69, 9.17) is 4.89 Å². The summed E-state index contributed by atoms with van der Waals surface area (Å²) in [5.74, 6) is 0. The number of nitrogens with one attached hydrogen (secondary N) is 1. The smallest absolute Gasteiger partial charge is 0.189 e. The third kappa shape index (κ3) is 11.5. The molecule has 1 aromatic carbocycles. The van der Waals surface area contributed by atoms with E-state index < -0.39 is 8.03 Å².